The topological polar surface area (TPSA) is 46.9 Å². The summed E-state index contributed by atoms with van der Waals surface area (Å²) in [6.07, 6.45) is 2.56. The third-order valence-corrected chi connectivity index (χ3v) is 6.40. The van der Waals surface area contributed by atoms with Gasteiger partial charge in [0.1, 0.15) is 24.7 Å². The van der Waals surface area contributed by atoms with Crippen molar-refractivity contribution in [2.45, 2.75) is 12.8 Å². The van der Waals surface area contributed by atoms with Crippen molar-refractivity contribution in [1.82, 2.24) is 14.4 Å². The third kappa shape index (κ3) is 3.77. The van der Waals surface area contributed by atoms with Crippen molar-refractivity contribution in [3.8, 4) is 11.5 Å². The first-order chi connectivity index (χ1) is 14.7. The number of hydrogen-bond acceptors (Lipinski definition) is 5. The Balaban J connectivity index is 1.39. The minimum Gasteiger partial charge on any atom is -0.492 e. The van der Waals surface area contributed by atoms with Gasteiger partial charge in [-0.2, -0.15) is 0 Å². The van der Waals surface area contributed by atoms with Gasteiger partial charge in [-0.15, -0.1) is 0 Å². The largest absolute Gasteiger partial charge is 0.492 e. The Labute approximate surface area is 176 Å². The Morgan fingerprint density at radius 1 is 0.767 bits per heavy atom. The highest BCUT2D eigenvalue weighted by Gasteiger charge is 2.15. The van der Waals surface area contributed by atoms with Crippen LogP contribution in [-0.4, -0.2) is 66.8 Å². The van der Waals surface area contributed by atoms with Gasteiger partial charge in [0.15, 0.2) is 5.43 Å². The van der Waals surface area contributed by atoms with Gasteiger partial charge in [-0.25, -0.2) is 0 Å². The molecular weight excluding hydrogens is 378 g/mol. The number of benzene rings is 2. The smallest absolute Gasteiger partial charge is 0.197 e. The van der Waals surface area contributed by atoms with Gasteiger partial charge in [-0.1, -0.05) is 0 Å². The number of likely N-dealkylation sites (tertiary alicyclic amines) is 2. The molecule has 1 aromatic heterocycles. The SMILES string of the molecule is Cn1c2ccc(OCCN3CCC3)cc2c(=O)c2cc(OCCN3CCC3)ccc21. The molecule has 3 heterocycles. The number of hydrogen-bond donors (Lipinski definition) is 0. The molecule has 30 heavy (non-hydrogen) atoms. The number of fused-ring (bicyclic) bond motifs is 2. The molecule has 5 rings (SSSR count). The molecule has 0 aliphatic carbocycles. The lowest BCUT2D eigenvalue weighted by molar-refractivity contribution is 0.147. The number of aromatic nitrogens is 1. The Hall–Kier alpha value is -2.57. The standard InChI is InChI=1S/C24H29N3O3/c1-25-22-6-4-18(29-14-12-26-8-2-9-26)16-20(22)24(28)21-17-19(5-7-23(21)25)30-15-13-27-10-3-11-27/h4-7,16-17H,2-3,8-15H2,1H3. The summed E-state index contributed by atoms with van der Waals surface area (Å²) in [7, 11) is 2.00. The van der Waals surface area contributed by atoms with Crippen LogP contribution in [0.5, 0.6) is 11.5 Å². The lowest BCUT2D eigenvalue weighted by atomic mass is 10.1. The quantitative estimate of drug-likeness (QED) is 0.538. The summed E-state index contributed by atoms with van der Waals surface area (Å²) in [6.45, 7) is 7.82. The summed E-state index contributed by atoms with van der Waals surface area (Å²) >= 11 is 0. The average Bonchev–Trinajstić information content (AvgIpc) is 2.69. The minimum atomic E-state index is 0.0273. The van der Waals surface area contributed by atoms with E-state index in [1.54, 1.807) is 0 Å². The second-order valence-electron chi connectivity index (χ2n) is 8.33. The van der Waals surface area contributed by atoms with Crippen molar-refractivity contribution in [1.29, 1.82) is 0 Å². The first kappa shape index (κ1) is 19.4. The molecule has 2 saturated heterocycles. The van der Waals surface area contributed by atoms with E-state index < -0.39 is 0 Å². The molecule has 0 saturated carbocycles. The fraction of sp³-hybridized carbons (Fsp3) is 0.458. The molecule has 2 aromatic carbocycles. The zero-order chi connectivity index (χ0) is 20.5. The second kappa shape index (κ2) is 8.28. The van der Waals surface area contributed by atoms with E-state index >= 15 is 0 Å². The van der Waals surface area contributed by atoms with Gasteiger partial charge in [0.05, 0.1) is 11.0 Å². The van der Waals surface area contributed by atoms with Gasteiger partial charge in [-0.05, 0) is 75.4 Å². The van der Waals surface area contributed by atoms with Gasteiger partial charge in [0.2, 0.25) is 0 Å². The third-order valence-electron chi connectivity index (χ3n) is 6.40. The van der Waals surface area contributed by atoms with Gasteiger partial charge in [-0.3, -0.25) is 14.6 Å². The lowest BCUT2D eigenvalue weighted by Crippen LogP contribution is -2.39. The van der Waals surface area contributed by atoms with Crippen molar-refractivity contribution in [3.63, 3.8) is 0 Å². The van der Waals surface area contributed by atoms with Gasteiger partial charge in [0, 0.05) is 30.9 Å². The first-order valence-corrected chi connectivity index (χ1v) is 11.0. The van der Waals surface area contributed by atoms with Crippen LogP contribution in [-0.2, 0) is 7.05 Å². The van der Waals surface area contributed by atoms with E-state index in [4.69, 9.17) is 9.47 Å². The molecule has 0 unspecified atom stereocenters. The monoisotopic (exact) mass is 407 g/mol. The molecule has 6 heteroatoms. The zero-order valence-electron chi connectivity index (χ0n) is 17.6. The number of rotatable bonds is 8. The minimum absolute atomic E-state index is 0.0273. The molecule has 2 aliphatic rings. The van der Waals surface area contributed by atoms with E-state index in [2.05, 4.69) is 14.4 Å². The Kier molecular flexibility index (Phi) is 5.35. The summed E-state index contributed by atoms with van der Waals surface area (Å²) in [5.41, 5.74) is 1.85. The molecule has 0 atom stereocenters. The summed E-state index contributed by atoms with van der Waals surface area (Å²) < 4.78 is 13.9. The maximum atomic E-state index is 13.3. The normalized spacial score (nSPS) is 17.1. The maximum absolute atomic E-state index is 13.3. The van der Waals surface area contributed by atoms with Crippen LogP contribution in [0.15, 0.2) is 41.2 Å². The van der Waals surface area contributed by atoms with Crippen LogP contribution in [0.1, 0.15) is 12.8 Å². The highest BCUT2D eigenvalue weighted by molar-refractivity contribution is 5.94. The van der Waals surface area contributed by atoms with E-state index in [9.17, 15) is 4.79 Å². The summed E-state index contributed by atoms with van der Waals surface area (Å²) in [5, 5.41) is 1.37. The van der Waals surface area contributed by atoms with E-state index in [-0.39, 0.29) is 5.43 Å². The zero-order valence-corrected chi connectivity index (χ0v) is 17.6. The molecule has 0 bridgehead atoms. The van der Waals surface area contributed by atoms with Crippen molar-refractivity contribution < 1.29 is 9.47 Å². The lowest BCUT2D eigenvalue weighted by Gasteiger charge is -2.30. The maximum Gasteiger partial charge on any atom is 0.197 e. The molecule has 2 fully saturated rings. The molecular formula is C24H29N3O3. The van der Waals surface area contributed by atoms with Crippen molar-refractivity contribution >= 4 is 21.8 Å². The highest BCUT2D eigenvalue weighted by Crippen LogP contribution is 2.25. The second-order valence-corrected chi connectivity index (χ2v) is 8.33. The van der Waals surface area contributed by atoms with E-state index in [0.717, 1.165) is 61.8 Å². The molecule has 6 nitrogen and oxygen atoms in total. The summed E-state index contributed by atoms with van der Waals surface area (Å²) in [5.74, 6) is 1.50. The van der Waals surface area contributed by atoms with Crippen LogP contribution in [0.4, 0.5) is 0 Å². The van der Waals surface area contributed by atoms with Crippen LogP contribution < -0.4 is 14.9 Å². The Bertz CT molecular complexity index is 1030. The van der Waals surface area contributed by atoms with E-state index in [1.807, 2.05) is 43.4 Å². The Morgan fingerprint density at radius 3 is 1.63 bits per heavy atom. The molecule has 3 aromatic rings. The molecule has 0 radical (unpaired) electrons. The van der Waals surface area contributed by atoms with Crippen LogP contribution in [0.25, 0.3) is 21.8 Å². The number of nitrogens with zero attached hydrogens (tertiary/aromatic N) is 3. The summed E-state index contributed by atoms with van der Waals surface area (Å²) in [6, 6.07) is 11.6. The van der Waals surface area contributed by atoms with Crippen LogP contribution in [0.3, 0.4) is 0 Å². The highest BCUT2D eigenvalue weighted by atomic mass is 16.5. The van der Waals surface area contributed by atoms with Gasteiger partial charge < -0.3 is 14.0 Å². The predicted octanol–water partition coefficient (Wildman–Crippen LogP) is 2.86. The Morgan fingerprint density at radius 2 is 1.23 bits per heavy atom. The number of ether oxygens (including phenoxy) is 2. The molecule has 0 amide bonds. The molecule has 158 valence electrons. The fourth-order valence-corrected chi connectivity index (χ4v) is 4.23. The van der Waals surface area contributed by atoms with E-state index in [0.29, 0.717) is 24.0 Å². The fourth-order valence-electron chi connectivity index (χ4n) is 4.23. The predicted molar refractivity (Wildman–Crippen MR) is 120 cm³/mol. The molecule has 0 spiro atoms. The number of pyridine rings is 1. The van der Waals surface area contributed by atoms with Crippen molar-refractivity contribution in [3.05, 3.63) is 46.6 Å². The molecule has 2 aliphatic heterocycles. The van der Waals surface area contributed by atoms with Crippen LogP contribution >= 0.6 is 0 Å². The summed E-state index contributed by atoms with van der Waals surface area (Å²) in [4.78, 5) is 18.0. The van der Waals surface area contributed by atoms with Crippen molar-refractivity contribution in [2.24, 2.45) is 7.05 Å². The van der Waals surface area contributed by atoms with Crippen molar-refractivity contribution in [2.75, 3.05) is 52.5 Å². The van der Waals surface area contributed by atoms with Gasteiger partial charge in [0.25, 0.3) is 0 Å². The number of aryl methyl sites for hydroxylation is 1. The average molecular weight is 408 g/mol. The first-order valence-electron chi connectivity index (χ1n) is 11.0. The molecule has 0 N–H and O–H groups in total. The van der Waals surface area contributed by atoms with Gasteiger partial charge >= 0.3 is 0 Å². The van der Waals surface area contributed by atoms with Crippen LogP contribution in [0.2, 0.25) is 0 Å². The van der Waals surface area contributed by atoms with E-state index in [1.165, 1.54) is 12.8 Å². The van der Waals surface area contributed by atoms with Crippen LogP contribution in [0, 0.1) is 0 Å².